The zero-order chi connectivity index (χ0) is 16.1. The third kappa shape index (κ3) is 3.57. The van der Waals surface area contributed by atoms with E-state index in [1.54, 1.807) is 0 Å². The minimum atomic E-state index is 0.649. The van der Waals surface area contributed by atoms with E-state index in [1.165, 1.54) is 5.56 Å². The van der Waals surface area contributed by atoms with Crippen molar-refractivity contribution < 1.29 is 4.57 Å². The second-order valence-electron chi connectivity index (χ2n) is 5.46. The van der Waals surface area contributed by atoms with Gasteiger partial charge in [0.1, 0.15) is 0 Å². The lowest BCUT2D eigenvalue weighted by molar-refractivity contribution is -0.687. The van der Waals surface area contributed by atoms with Crippen molar-refractivity contribution in [1.29, 1.82) is 0 Å². The summed E-state index contributed by atoms with van der Waals surface area (Å²) < 4.78 is 2.13. The normalized spacial score (nSPS) is 10.1. The van der Waals surface area contributed by atoms with Crippen LogP contribution in [0.4, 0.5) is 5.69 Å². The van der Waals surface area contributed by atoms with E-state index < -0.39 is 0 Å². The Kier molecular flexibility index (Phi) is 4.37. The lowest BCUT2D eigenvalue weighted by Crippen LogP contribution is -2.33. The summed E-state index contributed by atoms with van der Waals surface area (Å²) in [5.74, 6) is 0. The summed E-state index contributed by atoms with van der Waals surface area (Å²) in [5, 5.41) is 3.81. The molecule has 2 aromatic carbocycles. The van der Waals surface area contributed by atoms with Crippen molar-refractivity contribution >= 4 is 5.69 Å². The highest BCUT2D eigenvalue weighted by Crippen LogP contribution is 2.30. The molecule has 0 bridgehead atoms. The maximum Gasteiger partial charge on any atom is 0.176 e. The standard InChI is InChI=1S/C19H17N4/c1-15-9-10-19(21-22-20)18(12-15)17-8-5-11-23(14-17)13-16-6-3-2-4-7-16/h2-12,14H,13H2,1H3/q+1. The molecule has 0 aliphatic carbocycles. The molecular weight excluding hydrogens is 284 g/mol. The topological polar surface area (TPSA) is 52.6 Å². The predicted molar refractivity (Wildman–Crippen MR) is 91.2 cm³/mol. The maximum atomic E-state index is 8.76. The minimum absolute atomic E-state index is 0.649. The Morgan fingerprint density at radius 2 is 1.87 bits per heavy atom. The summed E-state index contributed by atoms with van der Waals surface area (Å²) in [5.41, 5.74) is 13.8. The van der Waals surface area contributed by atoms with Crippen molar-refractivity contribution in [1.82, 2.24) is 0 Å². The molecule has 0 N–H and O–H groups in total. The van der Waals surface area contributed by atoms with E-state index in [9.17, 15) is 0 Å². The fourth-order valence-electron chi connectivity index (χ4n) is 2.59. The second-order valence-corrected chi connectivity index (χ2v) is 5.46. The van der Waals surface area contributed by atoms with E-state index >= 15 is 0 Å². The van der Waals surface area contributed by atoms with Gasteiger partial charge in [0.2, 0.25) is 0 Å². The lowest BCUT2D eigenvalue weighted by atomic mass is 10.0. The van der Waals surface area contributed by atoms with Crippen molar-refractivity contribution in [2.75, 3.05) is 0 Å². The number of hydrogen-bond acceptors (Lipinski definition) is 1. The highest BCUT2D eigenvalue weighted by atomic mass is 15.1. The molecule has 112 valence electrons. The summed E-state index contributed by atoms with van der Waals surface area (Å²) in [6.07, 6.45) is 4.12. The minimum Gasteiger partial charge on any atom is -0.200 e. The molecule has 0 saturated heterocycles. The van der Waals surface area contributed by atoms with Gasteiger partial charge in [-0.3, -0.25) is 0 Å². The zero-order valence-corrected chi connectivity index (χ0v) is 12.9. The quantitative estimate of drug-likeness (QED) is 0.284. The number of hydrogen-bond donors (Lipinski definition) is 0. The molecule has 0 atom stereocenters. The molecule has 0 saturated carbocycles. The van der Waals surface area contributed by atoms with Gasteiger partial charge in [-0.2, -0.15) is 0 Å². The average molecular weight is 301 g/mol. The van der Waals surface area contributed by atoms with E-state index in [2.05, 4.69) is 32.9 Å². The summed E-state index contributed by atoms with van der Waals surface area (Å²) in [6, 6.07) is 20.2. The molecular formula is C19H17N4+. The van der Waals surface area contributed by atoms with Gasteiger partial charge in [0.25, 0.3) is 0 Å². The molecule has 3 rings (SSSR count). The Hall–Kier alpha value is -3.10. The first kappa shape index (κ1) is 14.8. The van der Waals surface area contributed by atoms with Gasteiger partial charge in [0, 0.05) is 27.8 Å². The van der Waals surface area contributed by atoms with Crippen LogP contribution in [0.2, 0.25) is 0 Å². The molecule has 0 unspecified atom stereocenters. The van der Waals surface area contributed by atoms with Gasteiger partial charge >= 0.3 is 0 Å². The molecule has 0 fully saturated rings. The Balaban J connectivity index is 2.00. The Morgan fingerprint density at radius 3 is 2.65 bits per heavy atom. The predicted octanol–water partition coefficient (Wildman–Crippen LogP) is 4.94. The molecule has 0 radical (unpaired) electrons. The molecule has 23 heavy (non-hydrogen) atoms. The van der Waals surface area contributed by atoms with Crippen LogP contribution in [0.25, 0.3) is 21.6 Å². The summed E-state index contributed by atoms with van der Waals surface area (Å²) in [4.78, 5) is 2.93. The number of pyridine rings is 1. The van der Waals surface area contributed by atoms with E-state index in [0.29, 0.717) is 5.69 Å². The number of benzene rings is 2. The van der Waals surface area contributed by atoms with Gasteiger partial charge in [-0.1, -0.05) is 59.2 Å². The third-order valence-electron chi connectivity index (χ3n) is 3.68. The smallest absolute Gasteiger partial charge is 0.176 e. The first-order valence-electron chi connectivity index (χ1n) is 7.45. The molecule has 4 heteroatoms. The van der Waals surface area contributed by atoms with E-state index in [1.807, 2.05) is 61.7 Å². The van der Waals surface area contributed by atoms with Crippen LogP contribution in [0.3, 0.4) is 0 Å². The largest absolute Gasteiger partial charge is 0.200 e. The van der Waals surface area contributed by atoms with Crippen LogP contribution >= 0.6 is 0 Å². The molecule has 4 nitrogen and oxygen atoms in total. The van der Waals surface area contributed by atoms with Crippen LogP contribution in [-0.2, 0) is 6.54 Å². The Labute approximate surface area is 135 Å². The summed E-state index contributed by atoms with van der Waals surface area (Å²) >= 11 is 0. The number of rotatable bonds is 4. The first-order chi connectivity index (χ1) is 11.3. The zero-order valence-electron chi connectivity index (χ0n) is 12.9. The van der Waals surface area contributed by atoms with Gasteiger partial charge < -0.3 is 0 Å². The highest BCUT2D eigenvalue weighted by Gasteiger charge is 2.09. The number of azide groups is 1. The van der Waals surface area contributed by atoms with Crippen molar-refractivity contribution in [3.8, 4) is 11.1 Å². The maximum absolute atomic E-state index is 8.76. The summed E-state index contributed by atoms with van der Waals surface area (Å²) in [6.45, 7) is 2.83. The van der Waals surface area contributed by atoms with Crippen molar-refractivity contribution in [3.05, 3.63) is 94.6 Å². The molecule has 1 aromatic heterocycles. The van der Waals surface area contributed by atoms with Gasteiger partial charge in [0.05, 0.1) is 0 Å². The van der Waals surface area contributed by atoms with Crippen LogP contribution in [0.15, 0.2) is 78.2 Å². The number of aryl methyl sites for hydroxylation is 1. The van der Waals surface area contributed by atoms with Gasteiger partial charge in [0.15, 0.2) is 18.9 Å². The molecule has 0 amide bonds. The fourth-order valence-corrected chi connectivity index (χ4v) is 2.59. The fraction of sp³-hybridized carbons (Fsp3) is 0.105. The van der Waals surface area contributed by atoms with Gasteiger partial charge in [-0.25, -0.2) is 4.57 Å². The number of nitrogens with zero attached hydrogens (tertiary/aromatic N) is 4. The van der Waals surface area contributed by atoms with Crippen LogP contribution < -0.4 is 4.57 Å². The van der Waals surface area contributed by atoms with Crippen LogP contribution in [0, 0.1) is 6.92 Å². The van der Waals surface area contributed by atoms with Crippen molar-refractivity contribution in [3.63, 3.8) is 0 Å². The highest BCUT2D eigenvalue weighted by molar-refractivity contribution is 5.75. The average Bonchev–Trinajstić information content (AvgIpc) is 2.58. The lowest BCUT2D eigenvalue weighted by Gasteiger charge is -2.06. The third-order valence-corrected chi connectivity index (χ3v) is 3.68. The molecule has 0 aliphatic rings. The molecule has 3 aromatic rings. The van der Waals surface area contributed by atoms with Crippen LogP contribution in [0.1, 0.15) is 11.1 Å². The monoisotopic (exact) mass is 301 g/mol. The van der Waals surface area contributed by atoms with E-state index in [4.69, 9.17) is 5.53 Å². The van der Waals surface area contributed by atoms with E-state index in [0.717, 1.165) is 23.2 Å². The van der Waals surface area contributed by atoms with Gasteiger partial charge in [-0.05, 0) is 24.1 Å². The SMILES string of the molecule is Cc1ccc(N=[N+]=[N-])c(-c2ccc[n+](Cc3ccccc3)c2)c1. The van der Waals surface area contributed by atoms with Crippen LogP contribution in [0.5, 0.6) is 0 Å². The second kappa shape index (κ2) is 6.77. The van der Waals surface area contributed by atoms with Crippen LogP contribution in [-0.4, -0.2) is 0 Å². The molecule has 1 heterocycles. The first-order valence-corrected chi connectivity index (χ1v) is 7.45. The number of aromatic nitrogens is 1. The Bertz CT molecular complexity index is 866. The Morgan fingerprint density at radius 1 is 1.04 bits per heavy atom. The van der Waals surface area contributed by atoms with Crippen molar-refractivity contribution in [2.45, 2.75) is 13.5 Å². The molecule has 0 spiro atoms. The van der Waals surface area contributed by atoms with Gasteiger partial charge in [-0.15, -0.1) is 0 Å². The van der Waals surface area contributed by atoms with Crippen molar-refractivity contribution in [2.24, 2.45) is 5.11 Å². The summed E-state index contributed by atoms with van der Waals surface area (Å²) in [7, 11) is 0. The van der Waals surface area contributed by atoms with E-state index in [-0.39, 0.29) is 0 Å². The molecule has 0 aliphatic heterocycles.